The van der Waals surface area contributed by atoms with Crippen molar-refractivity contribution in [3.8, 4) is 0 Å². The number of pyridine rings is 1. The van der Waals surface area contributed by atoms with Crippen molar-refractivity contribution < 1.29 is 0 Å². The van der Waals surface area contributed by atoms with Crippen molar-refractivity contribution in [1.29, 1.82) is 0 Å². The molecule has 1 unspecified atom stereocenters. The summed E-state index contributed by atoms with van der Waals surface area (Å²) in [7, 11) is 0. The minimum atomic E-state index is 0.389. The number of nitrogens with one attached hydrogen (secondary N) is 1. The first-order chi connectivity index (χ1) is 10.7. The van der Waals surface area contributed by atoms with Crippen molar-refractivity contribution in [3.05, 3.63) is 22.6 Å². The van der Waals surface area contributed by atoms with Gasteiger partial charge in [0.05, 0.1) is 6.04 Å². The molecule has 0 radical (unpaired) electrons. The van der Waals surface area contributed by atoms with Crippen molar-refractivity contribution in [2.24, 2.45) is 0 Å². The Morgan fingerprint density at radius 1 is 1.32 bits per heavy atom. The van der Waals surface area contributed by atoms with E-state index in [0.29, 0.717) is 6.04 Å². The lowest BCUT2D eigenvalue weighted by atomic mass is 10.1. The number of nitrogens with zero attached hydrogens (tertiary/aromatic N) is 4. The lowest BCUT2D eigenvalue weighted by Gasteiger charge is -2.34. The molecule has 1 saturated heterocycles. The molecule has 0 aromatic carbocycles. The molecule has 1 atom stereocenters. The third-order valence-electron chi connectivity index (χ3n) is 4.35. The summed E-state index contributed by atoms with van der Waals surface area (Å²) in [6, 6.07) is 2.46. The van der Waals surface area contributed by atoms with Crippen molar-refractivity contribution in [3.63, 3.8) is 0 Å². The smallest absolute Gasteiger partial charge is 0.160 e. The van der Waals surface area contributed by atoms with E-state index >= 15 is 0 Å². The fourth-order valence-corrected chi connectivity index (χ4v) is 3.63. The van der Waals surface area contributed by atoms with E-state index in [2.05, 4.69) is 55.6 Å². The normalized spacial score (nSPS) is 18.0. The van der Waals surface area contributed by atoms with Crippen LogP contribution in [0.2, 0.25) is 0 Å². The molecular weight excluding hydrogens is 342 g/mol. The van der Waals surface area contributed by atoms with E-state index in [1.165, 1.54) is 12.2 Å². The van der Waals surface area contributed by atoms with Crippen LogP contribution in [0.25, 0.3) is 11.2 Å². The molecule has 3 heterocycles. The third-order valence-corrected chi connectivity index (χ3v) is 4.78. The predicted octanol–water partition coefficient (Wildman–Crippen LogP) is 2.96. The van der Waals surface area contributed by atoms with Crippen molar-refractivity contribution in [1.82, 2.24) is 24.8 Å². The SMILES string of the molecule is CCCC(c1nc2cc(Br)cnc2n1CC)N1CCNCC1. The van der Waals surface area contributed by atoms with Crippen molar-refractivity contribution >= 4 is 27.1 Å². The first-order valence-electron chi connectivity index (χ1n) is 8.21. The van der Waals surface area contributed by atoms with Crippen LogP contribution in [0, 0.1) is 0 Å². The first kappa shape index (κ1) is 15.9. The monoisotopic (exact) mass is 365 g/mol. The van der Waals surface area contributed by atoms with Crippen LogP contribution in [-0.4, -0.2) is 45.6 Å². The summed E-state index contributed by atoms with van der Waals surface area (Å²) in [5, 5.41) is 3.44. The van der Waals surface area contributed by atoms with Gasteiger partial charge in [-0.15, -0.1) is 0 Å². The zero-order valence-electron chi connectivity index (χ0n) is 13.3. The minimum Gasteiger partial charge on any atom is -0.314 e. The number of imidazole rings is 1. The average Bonchev–Trinajstić information content (AvgIpc) is 2.90. The van der Waals surface area contributed by atoms with Gasteiger partial charge in [-0.1, -0.05) is 13.3 Å². The van der Waals surface area contributed by atoms with Gasteiger partial charge in [-0.3, -0.25) is 4.90 Å². The van der Waals surface area contributed by atoms with Crippen LogP contribution in [0.5, 0.6) is 0 Å². The summed E-state index contributed by atoms with van der Waals surface area (Å²) < 4.78 is 3.27. The standard InChI is InChI=1S/C16H24BrN5/c1-3-5-14(21-8-6-18-7-9-21)16-20-13-10-12(17)11-19-15(13)22(16)4-2/h10-11,14,18H,3-9H2,1-2H3. The molecule has 1 aliphatic heterocycles. The van der Waals surface area contributed by atoms with E-state index in [9.17, 15) is 0 Å². The Balaban J connectivity index is 2.03. The van der Waals surface area contributed by atoms with Gasteiger partial charge < -0.3 is 9.88 Å². The minimum absolute atomic E-state index is 0.389. The molecule has 6 heteroatoms. The largest absolute Gasteiger partial charge is 0.314 e. The Morgan fingerprint density at radius 2 is 2.09 bits per heavy atom. The van der Waals surface area contributed by atoms with E-state index < -0.39 is 0 Å². The van der Waals surface area contributed by atoms with Crippen LogP contribution < -0.4 is 5.32 Å². The highest BCUT2D eigenvalue weighted by Gasteiger charge is 2.26. The fourth-order valence-electron chi connectivity index (χ4n) is 3.31. The van der Waals surface area contributed by atoms with Gasteiger partial charge in [-0.25, -0.2) is 9.97 Å². The zero-order chi connectivity index (χ0) is 15.5. The van der Waals surface area contributed by atoms with E-state index in [-0.39, 0.29) is 0 Å². The molecule has 1 aliphatic rings. The highest BCUT2D eigenvalue weighted by Crippen LogP contribution is 2.29. The molecule has 0 saturated carbocycles. The zero-order valence-corrected chi connectivity index (χ0v) is 14.9. The summed E-state index contributed by atoms with van der Waals surface area (Å²) in [6.45, 7) is 9.65. The molecular formula is C16H24BrN5. The second-order valence-corrected chi connectivity index (χ2v) is 6.72. The number of fused-ring (bicyclic) bond motifs is 1. The van der Waals surface area contributed by atoms with Crippen LogP contribution in [0.4, 0.5) is 0 Å². The average molecular weight is 366 g/mol. The molecule has 2 aromatic rings. The van der Waals surface area contributed by atoms with Crippen molar-refractivity contribution in [2.75, 3.05) is 26.2 Å². The van der Waals surface area contributed by atoms with E-state index in [4.69, 9.17) is 4.98 Å². The maximum absolute atomic E-state index is 4.95. The van der Waals surface area contributed by atoms with Gasteiger partial charge in [0.25, 0.3) is 0 Å². The summed E-state index contributed by atoms with van der Waals surface area (Å²) in [4.78, 5) is 12.1. The Bertz CT molecular complexity index is 633. The fraction of sp³-hybridized carbons (Fsp3) is 0.625. The molecule has 5 nitrogen and oxygen atoms in total. The molecule has 0 amide bonds. The van der Waals surface area contributed by atoms with Gasteiger partial charge in [-0.2, -0.15) is 0 Å². The van der Waals surface area contributed by atoms with Crippen LogP contribution in [0.3, 0.4) is 0 Å². The summed E-state index contributed by atoms with van der Waals surface area (Å²) in [6.07, 6.45) is 4.17. The molecule has 3 rings (SSSR count). The Morgan fingerprint density at radius 3 is 2.77 bits per heavy atom. The highest BCUT2D eigenvalue weighted by molar-refractivity contribution is 9.10. The quantitative estimate of drug-likeness (QED) is 0.884. The van der Waals surface area contributed by atoms with Gasteiger partial charge in [0.2, 0.25) is 0 Å². The molecule has 120 valence electrons. The number of halogens is 1. The second kappa shape index (κ2) is 7.06. The van der Waals surface area contributed by atoms with Crippen molar-refractivity contribution in [2.45, 2.75) is 39.3 Å². The number of rotatable bonds is 5. The Kier molecular flexibility index (Phi) is 5.10. The second-order valence-electron chi connectivity index (χ2n) is 5.80. The van der Waals surface area contributed by atoms with E-state index in [1.54, 1.807) is 0 Å². The van der Waals surface area contributed by atoms with Gasteiger partial charge in [-0.05, 0) is 35.3 Å². The molecule has 1 N–H and O–H groups in total. The van der Waals surface area contributed by atoms with Gasteiger partial charge in [0.15, 0.2) is 5.65 Å². The van der Waals surface area contributed by atoms with Crippen LogP contribution in [-0.2, 0) is 6.54 Å². The van der Waals surface area contributed by atoms with Crippen LogP contribution in [0.1, 0.15) is 38.6 Å². The van der Waals surface area contributed by atoms with Gasteiger partial charge in [0, 0.05) is 43.4 Å². The number of hydrogen-bond donors (Lipinski definition) is 1. The summed E-state index contributed by atoms with van der Waals surface area (Å²) in [5.74, 6) is 1.17. The van der Waals surface area contributed by atoms with Gasteiger partial charge >= 0.3 is 0 Å². The molecule has 2 aromatic heterocycles. The van der Waals surface area contributed by atoms with Gasteiger partial charge in [0.1, 0.15) is 11.3 Å². The van der Waals surface area contributed by atoms with E-state index in [0.717, 1.165) is 54.8 Å². The molecule has 0 aliphatic carbocycles. The molecule has 0 spiro atoms. The Hall–Kier alpha value is -0.980. The number of aromatic nitrogens is 3. The molecule has 1 fully saturated rings. The maximum atomic E-state index is 4.95. The lowest BCUT2D eigenvalue weighted by molar-refractivity contribution is 0.155. The first-order valence-corrected chi connectivity index (χ1v) is 9.00. The number of piperazine rings is 1. The predicted molar refractivity (Wildman–Crippen MR) is 93.0 cm³/mol. The van der Waals surface area contributed by atoms with Crippen LogP contribution >= 0.6 is 15.9 Å². The molecule has 22 heavy (non-hydrogen) atoms. The number of hydrogen-bond acceptors (Lipinski definition) is 4. The molecule has 0 bridgehead atoms. The summed E-state index contributed by atoms with van der Waals surface area (Å²) >= 11 is 3.50. The summed E-state index contributed by atoms with van der Waals surface area (Å²) in [5.41, 5.74) is 1.99. The van der Waals surface area contributed by atoms with E-state index in [1.807, 2.05) is 6.20 Å². The van der Waals surface area contributed by atoms with Crippen LogP contribution in [0.15, 0.2) is 16.7 Å². The third kappa shape index (κ3) is 3.05. The number of aryl methyl sites for hydroxylation is 1. The Labute approximate surface area is 140 Å². The highest BCUT2D eigenvalue weighted by atomic mass is 79.9. The lowest BCUT2D eigenvalue weighted by Crippen LogP contribution is -2.45. The maximum Gasteiger partial charge on any atom is 0.160 e. The topological polar surface area (TPSA) is 46.0 Å².